The molecule has 1 aromatic heterocycles. The van der Waals surface area contributed by atoms with E-state index in [1.165, 1.54) is 18.5 Å². The summed E-state index contributed by atoms with van der Waals surface area (Å²) in [4.78, 5) is 26.3. The Morgan fingerprint density at radius 1 is 1.17 bits per heavy atom. The SMILES string of the molecule is Cc1cccc(C)c1NC(=O)c1c[nH]ccc1=O. The second kappa shape index (κ2) is 4.87. The first-order valence-electron chi connectivity index (χ1n) is 5.64. The summed E-state index contributed by atoms with van der Waals surface area (Å²) in [7, 11) is 0. The van der Waals surface area contributed by atoms with Crippen molar-refractivity contribution in [1.82, 2.24) is 4.98 Å². The zero-order valence-corrected chi connectivity index (χ0v) is 10.3. The molecule has 0 saturated heterocycles. The first-order chi connectivity index (χ1) is 8.59. The van der Waals surface area contributed by atoms with Crippen LogP contribution in [-0.2, 0) is 0 Å². The van der Waals surface area contributed by atoms with E-state index in [-0.39, 0.29) is 11.0 Å². The van der Waals surface area contributed by atoms with E-state index in [0.717, 1.165) is 16.8 Å². The van der Waals surface area contributed by atoms with Crippen LogP contribution < -0.4 is 10.7 Å². The lowest BCUT2D eigenvalue weighted by molar-refractivity contribution is 0.102. The smallest absolute Gasteiger partial charge is 0.261 e. The van der Waals surface area contributed by atoms with Gasteiger partial charge in [0.25, 0.3) is 5.91 Å². The van der Waals surface area contributed by atoms with Crippen molar-refractivity contribution in [3.8, 4) is 0 Å². The van der Waals surface area contributed by atoms with Gasteiger partial charge in [-0.15, -0.1) is 0 Å². The monoisotopic (exact) mass is 242 g/mol. The predicted molar refractivity (Wildman–Crippen MR) is 70.9 cm³/mol. The Morgan fingerprint density at radius 2 is 1.83 bits per heavy atom. The van der Waals surface area contributed by atoms with Crippen molar-refractivity contribution in [2.45, 2.75) is 13.8 Å². The highest BCUT2D eigenvalue weighted by Gasteiger charge is 2.11. The van der Waals surface area contributed by atoms with Crippen LogP contribution in [-0.4, -0.2) is 10.9 Å². The number of carbonyl (C=O) groups is 1. The van der Waals surface area contributed by atoms with E-state index in [1.54, 1.807) is 0 Å². The molecule has 0 saturated carbocycles. The first-order valence-corrected chi connectivity index (χ1v) is 5.64. The molecule has 0 aliphatic rings. The molecule has 0 aliphatic carbocycles. The molecule has 0 radical (unpaired) electrons. The third-order valence-electron chi connectivity index (χ3n) is 2.79. The van der Waals surface area contributed by atoms with Crippen LogP contribution in [0.4, 0.5) is 5.69 Å². The number of pyridine rings is 1. The van der Waals surface area contributed by atoms with Gasteiger partial charge in [0.05, 0.1) is 0 Å². The van der Waals surface area contributed by atoms with Crippen molar-refractivity contribution in [3.05, 3.63) is 63.6 Å². The number of carbonyl (C=O) groups excluding carboxylic acids is 1. The topological polar surface area (TPSA) is 62.0 Å². The van der Waals surface area contributed by atoms with Gasteiger partial charge in [-0.25, -0.2) is 0 Å². The van der Waals surface area contributed by atoms with Crippen LogP contribution in [0, 0.1) is 13.8 Å². The highest BCUT2D eigenvalue weighted by molar-refractivity contribution is 6.04. The van der Waals surface area contributed by atoms with Crippen molar-refractivity contribution >= 4 is 11.6 Å². The fraction of sp³-hybridized carbons (Fsp3) is 0.143. The second-order valence-corrected chi connectivity index (χ2v) is 4.14. The number of hydrogen-bond acceptors (Lipinski definition) is 2. The Kier molecular flexibility index (Phi) is 3.28. The lowest BCUT2D eigenvalue weighted by Gasteiger charge is -2.10. The molecular weight excluding hydrogens is 228 g/mol. The Balaban J connectivity index is 2.33. The molecule has 4 heteroatoms. The fourth-order valence-electron chi connectivity index (χ4n) is 1.79. The average molecular weight is 242 g/mol. The molecule has 1 heterocycles. The van der Waals surface area contributed by atoms with Crippen LogP contribution in [0.2, 0.25) is 0 Å². The molecule has 2 rings (SSSR count). The molecule has 0 bridgehead atoms. The van der Waals surface area contributed by atoms with Gasteiger partial charge in [0, 0.05) is 24.1 Å². The first kappa shape index (κ1) is 12.1. The number of amides is 1. The fourth-order valence-corrected chi connectivity index (χ4v) is 1.79. The van der Waals surface area contributed by atoms with Gasteiger partial charge in [0.2, 0.25) is 0 Å². The average Bonchev–Trinajstić information content (AvgIpc) is 2.34. The summed E-state index contributed by atoms with van der Waals surface area (Å²) < 4.78 is 0. The second-order valence-electron chi connectivity index (χ2n) is 4.14. The predicted octanol–water partition coefficient (Wildman–Crippen LogP) is 2.24. The Morgan fingerprint density at radius 3 is 2.44 bits per heavy atom. The molecule has 1 amide bonds. The van der Waals surface area contributed by atoms with E-state index in [1.807, 2.05) is 32.0 Å². The van der Waals surface area contributed by atoms with Crippen molar-refractivity contribution < 1.29 is 4.79 Å². The number of aromatic amines is 1. The van der Waals surface area contributed by atoms with E-state index in [0.29, 0.717) is 0 Å². The zero-order valence-electron chi connectivity index (χ0n) is 10.3. The van der Waals surface area contributed by atoms with Crippen molar-refractivity contribution in [1.29, 1.82) is 0 Å². The van der Waals surface area contributed by atoms with Crippen LogP contribution in [0.5, 0.6) is 0 Å². The van der Waals surface area contributed by atoms with Crippen LogP contribution in [0.15, 0.2) is 41.5 Å². The summed E-state index contributed by atoms with van der Waals surface area (Å²) >= 11 is 0. The molecule has 0 aliphatic heterocycles. The number of nitrogens with one attached hydrogen (secondary N) is 2. The number of para-hydroxylation sites is 1. The van der Waals surface area contributed by atoms with E-state index in [9.17, 15) is 9.59 Å². The van der Waals surface area contributed by atoms with Crippen molar-refractivity contribution in [2.75, 3.05) is 5.32 Å². The highest BCUT2D eigenvalue weighted by Crippen LogP contribution is 2.19. The zero-order chi connectivity index (χ0) is 13.1. The highest BCUT2D eigenvalue weighted by atomic mass is 16.2. The molecule has 1 aromatic carbocycles. The van der Waals surface area contributed by atoms with Gasteiger partial charge in [-0.2, -0.15) is 0 Å². The van der Waals surface area contributed by atoms with Gasteiger partial charge in [-0.3, -0.25) is 9.59 Å². The summed E-state index contributed by atoms with van der Waals surface area (Å²) in [6.45, 7) is 3.83. The maximum Gasteiger partial charge on any atom is 0.261 e. The van der Waals surface area contributed by atoms with Gasteiger partial charge in [-0.1, -0.05) is 18.2 Å². The van der Waals surface area contributed by atoms with Crippen LogP contribution >= 0.6 is 0 Å². The number of rotatable bonds is 2. The van der Waals surface area contributed by atoms with Gasteiger partial charge in [-0.05, 0) is 25.0 Å². The Bertz CT molecular complexity index is 624. The Hall–Kier alpha value is -2.36. The summed E-state index contributed by atoms with van der Waals surface area (Å²) in [5, 5.41) is 2.78. The van der Waals surface area contributed by atoms with Crippen molar-refractivity contribution in [2.24, 2.45) is 0 Å². The molecule has 18 heavy (non-hydrogen) atoms. The lowest BCUT2D eigenvalue weighted by atomic mass is 10.1. The number of hydrogen-bond donors (Lipinski definition) is 2. The maximum absolute atomic E-state index is 12.0. The maximum atomic E-state index is 12.0. The van der Waals surface area contributed by atoms with E-state index < -0.39 is 5.91 Å². The molecule has 0 unspecified atom stereocenters. The molecule has 0 spiro atoms. The number of benzene rings is 1. The minimum Gasteiger partial charge on any atom is -0.367 e. The van der Waals surface area contributed by atoms with Crippen molar-refractivity contribution in [3.63, 3.8) is 0 Å². The number of aromatic nitrogens is 1. The molecule has 2 aromatic rings. The molecule has 4 nitrogen and oxygen atoms in total. The molecular formula is C14H14N2O2. The summed E-state index contributed by atoms with van der Waals surface area (Å²) in [6.07, 6.45) is 2.91. The van der Waals surface area contributed by atoms with E-state index in [2.05, 4.69) is 10.3 Å². The third kappa shape index (κ3) is 2.32. The minimum atomic E-state index is -0.394. The van der Waals surface area contributed by atoms with Crippen LogP contribution in [0.1, 0.15) is 21.5 Å². The standard InChI is InChI=1S/C14H14N2O2/c1-9-4-3-5-10(2)13(9)16-14(18)11-8-15-7-6-12(11)17/h3-8H,1-2H3,(H,15,17)(H,16,18). The third-order valence-corrected chi connectivity index (χ3v) is 2.79. The molecule has 92 valence electrons. The molecule has 2 N–H and O–H groups in total. The number of aryl methyl sites for hydroxylation is 2. The number of anilines is 1. The molecule has 0 atom stereocenters. The number of H-pyrrole nitrogens is 1. The van der Waals surface area contributed by atoms with Gasteiger partial charge >= 0.3 is 0 Å². The summed E-state index contributed by atoms with van der Waals surface area (Å²) in [5.41, 5.74) is 2.51. The Labute approximate surface area is 105 Å². The lowest BCUT2D eigenvalue weighted by Crippen LogP contribution is -2.21. The molecule has 0 fully saturated rings. The largest absolute Gasteiger partial charge is 0.367 e. The van der Waals surface area contributed by atoms with Crippen LogP contribution in [0.3, 0.4) is 0 Å². The van der Waals surface area contributed by atoms with E-state index in [4.69, 9.17) is 0 Å². The van der Waals surface area contributed by atoms with Gasteiger partial charge in [0.1, 0.15) is 5.56 Å². The van der Waals surface area contributed by atoms with Gasteiger partial charge in [0.15, 0.2) is 5.43 Å². The van der Waals surface area contributed by atoms with E-state index >= 15 is 0 Å². The van der Waals surface area contributed by atoms with Gasteiger partial charge < -0.3 is 10.3 Å². The normalized spacial score (nSPS) is 10.1. The summed E-state index contributed by atoms with van der Waals surface area (Å²) in [6, 6.07) is 7.09. The summed E-state index contributed by atoms with van der Waals surface area (Å²) in [5.74, 6) is -0.394. The quantitative estimate of drug-likeness (QED) is 0.848. The minimum absolute atomic E-state index is 0.111. The van der Waals surface area contributed by atoms with Crippen LogP contribution in [0.25, 0.3) is 0 Å².